The topological polar surface area (TPSA) is 96.4 Å². The van der Waals surface area contributed by atoms with Gasteiger partial charge in [-0.1, -0.05) is 30.2 Å². The number of thiophene rings is 1. The van der Waals surface area contributed by atoms with E-state index in [0.29, 0.717) is 46.0 Å². The van der Waals surface area contributed by atoms with Crippen LogP contribution >= 0.6 is 22.9 Å². The van der Waals surface area contributed by atoms with Crippen molar-refractivity contribution in [3.05, 3.63) is 73.5 Å². The van der Waals surface area contributed by atoms with Crippen LogP contribution in [0.3, 0.4) is 0 Å². The molecular weight excluding hydrogens is 494 g/mol. The molecule has 0 unspecified atom stereocenters. The molecule has 3 aliphatic rings. The third-order valence-electron chi connectivity index (χ3n) is 7.20. The lowest BCUT2D eigenvalue weighted by Crippen LogP contribution is -2.39. The number of rotatable bonds is 4. The van der Waals surface area contributed by atoms with E-state index in [0.717, 1.165) is 48.9 Å². The number of hydrogen-bond donors (Lipinski definition) is 1. The van der Waals surface area contributed by atoms with E-state index in [1.54, 1.807) is 30.4 Å². The fourth-order valence-corrected chi connectivity index (χ4v) is 7.15. The van der Waals surface area contributed by atoms with E-state index >= 15 is 0 Å². The second kappa shape index (κ2) is 10.1. The van der Waals surface area contributed by atoms with Crippen LogP contribution in [0.25, 0.3) is 0 Å². The number of aryl methyl sites for hydroxylation is 1. The molecule has 0 saturated carbocycles. The number of hydrogen-bond acceptors (Lipinski definition) is 7. The molecule has 0 radical (unpaired) electrons. The van der Waals surface area contributed by atoms with Crippen molar-refractivity contribution in [2.24, 2.45) is 5.73 Å². The minimum absolute atomic E-state index is 0.0113. The lowest BCUT2D eigenvalue weighted by Gasteiger charge is -2.39. The zero-order valence-corrected chi connectivity index (χ0v) is 21.8. The lowest BCUT2D eigenvalue weighted by atomic mass is 9.75. The molecule has 0 bridgehead atoms. The first kappa shape index (κ1) is 24.6. The van der Waals surface area contributed by atoms with Crippen molar-refractivity contribution in [2.75, 3.05) is 11.5 Å². The van der Waals surface area contributed by atoms with Crippen molar-refractivity contribution >= 4 is 39.7 Å². The fraction of sp³-hybridized carbons (Fsp3) is 0.393. The highest BCUT2D eigenvalue weighted by Gasteiger charge is 2.42. The molecule has 1 aliphatic heterocycles. The van der Waals surface area contributed by atoms with Crippen molar-refractivity contribution in [3.8, 4) is 6.07 Å². The number of nitrogens with zero attached hydrogens (tertiary/aromatic N) is 2. The first-order valence-corrected chi connectivity index (χ1v) is 13.7. The molecule has 0 saturated heterocycles. The number of nitriles is 1. The van der Waals surface area contributed by atoms with Crippen LogP contribution < -0.4 is 10.6 Å². The Balaban J connectivity index is 1.75. The van der Waals surface area contributed by atoms with E-state index in [2.05, 4.69) is 6.07 Å². The van der Waals surface area contributed by atoms with Crippen LogP contribution in [0.1, 0.15) is 77.7 Å². The molecular formula is C28H28ClN3O3S. The standard InChI is InChI=1S/C28H28ClN3O3S/c1-2-35-28(34)24-18-7-4-3-5-10-22(18)36-27(24)32-20-8-6-9-21(33)25(20)23(19(15-30)26(32)31)16-11-13-17(29)14-12-16/h11-14,23H,2-10,31H2,1H3/t23-/m0/s1. The van der Waals surface area contributed by atoms with E-state index in [-0.39, 0.29) is 24.2 Å². The van der Waals surface area contributed by atoms with Gasteiger partial charge in [0.2, 0.25) is 0 Å². The summed E-state index contributed by atoms with van der Waals surface area (Å²) in [5.74, 6) is -0.650. The van der Waals surface area contributed by atoms with Gasteiger partial charge in [0.1, 0.15) is 10.8 Å². The van der Waals surface area contributed by atoms with Crippen LogP contribution in [0.15, 0.2) is 46.9 Å². The summed E-state index contributed by atoms with van der Waals surface area (Å²) < 4.78 is 5.50. The largest absolute Gasteiger partial charge is 0.462 e. The van der Waals surface area contributed by atoms with Gasteiger partial charge in [0.25, 0.3) is 0 Å². The van der Waals surface area contributed by atoms with Crippen molar-refractivity contribution in [1.82, 2.24) is 0 Å². The molecule has 2 N–H and O–H groups in total. The lowest BCUT2D eigenvalue weighted by molar-refractivity contribution is -0.116. The Morgan fingerprint density at radius 3 is 2.64 bits per heavy atom. The maximum absolute atomic E-state index is 13.4. The Morgan fingerprint density at radius 1 is 1.17 bits per heavy atom. The van der Waals surface area contributed by atoms with Gasteiger partial charge in [0.15, 0.2) is 5.78 Å². The zero-order valence-electron chi connectivity index (χ0n) is 20.2. The van der Waals surface area contributed by atoms with Crippen LogP contribution in [0.5, 0.6) is 0 Å². The number of carbonyl (C=O) groups is 2. The number of carbonyl (C=O) groups excluding carboxylic acids is 2. The molecule has 2 heterocycles. The summed E-state index contributed by atoms with van der Waals surface area (Å²) >= 11 is 7.67. The summed E-state index contributed by atoms with van der Waals surface area (Å²) in [5.41, 5.74) is 10.8. The summed E-state index contributed by atoms with van der Waals surface area (Å²) in [5, 5.41) is 11.5. The van der Waals surface area contributed by atoms with E-state index in [1.807, 2.05) is 17.0 Å². The average molecular weight is 522 g/mol. The van der Waals surface area contributed by atoms with Crippen molar-refractivity contribution < 1.29 is 14.3 Å². The first-order chi connectivity index (χ1) is 17.5. The van der Waals surface area contributed by atoms with Gasteiger partial charge in [-0.3, -0.25) is 9.69 Å². The van der Waals surface area contributed by atoms with Gasteiger partial charge < -0.3 is 10.5 Å². The molecule has 6 nitrogen and oxygen atoms in total. The van der Waals surface area contributed by atoms with Crippen LogP contribution in [0.4, 0.5) is 5.00 Å². The molecule has 8 heteroatoms. The van der Waals surface area contributed by atoms with Crippen LogP contribution in [0.2, 0.25) is 5.02 Å². The number of ketones is 1. The van der Waals surface area contributed by atoms with Gasteiger partial charge in [-0.05, 0) is 68.7 Å². The van der Waals surface area contributed by atoms with E-state index < -0.39 is 5.92 Å². The number of benzene rings is 1. The molecule has 2 aliphatic carbocycles. The molecule has 1 atom stereocenters. The normalized spacial score (nSPS) is 20.0. The van der Waals surface area contributed by atoms with Crippen LogP contribution in [-0.4, -0.2) is 18.4 Å². The minimum atomic E-state index is -0.560. The molecule has 36 heavy (non-hydrogen) atoms. The summed E-state index contributed by atoms with van der Waals surface area (Å²) in [7, 11) is 0. The molecule has 5 rings (SSSR count). The number of fused-ring (bicyclic) bond motifs is 1. The molecule has 0 spiro atoms. The number of Topliss-reactive ketones (excluding diaryl/α,β-unsaturated/α-hetero) is 1. The van der Waals surface area contributed by atoms with Gasteiger partial charge in [-0.25, -0.2) is 4.79 Å². The fourth-order valence-electron chi connectivity index (χ4n) is 5.61. The van der Waals surface area contributed by atoms with Crippen molar-refractivity contribution in [2.45, 2.75) is 64.2 Å². The Hall–Kier alpha value is -3.08. The van der Waals surface area contributed by atoms with E-state index in [9.17, 15) is 14.9 Å². The molecule has 1 aromatic heterocycles. The Morgan fingerprint density at radius 2 is 1.92 bits per heavy atom. The third kappa shape index (κ3) is 4.12. The quantitative estimate of drug-likeness (QED) is 0.382. The predicted molar refractivity (Wildman–Crippen MR) is 141 cm³/mol. The van der Waals surface area contributed by atoms with Crippen LogP contribution in [-0.2, 0) is 22.4 Å². The second-order valence-electron chi connectivity index (χ2n) is 9.33. The number of ether oxygens (including phenoxy) is 1. The monoisotopic (exact) mass is 521 g/mol. The Kier molecular flexibility index (Phi) is 6.92. The minimum Gasteiger partial charge on any atom is -0.462 e. The molecule has 0 amide bonds. The zero-order chi connectivity index (χ0) is 25.4. The molecule has 0 fully saturated rings. The Labute approximate surface area is 220 Å². The average Bonchev–Trinajstić information content (AvgIpc) is 3.06. The van der Waals surface area contributed by atoms with Gasteiger partial charge in [-0.15, -0.1) is 11.3 Å². The van der Waals surface area contributed by atoms with Gasteiger partial charge in [0, 0.05) is 27.6 Å². The van der Waals surface area contributed by atoms with E-state index in [4.69, 9.17) is 22.1 Å². The summed E-state index contributed by atoms with van der Waals surface area (Å²) in [6.45, 7) is 2.06. The van der Waals surface area contributed by atoms with E-state index in [1.165, 1.54) is 4.88 Å². The number of allylic oxidation sites excluding steroid dienone is 3. The second-order valence-corrected chi connectivity index (χ2v) is 10.9. The first-order valence-electron chi connectivity index (χ1n) is 12.5. The van der Waals surface area contributed by atoms with Gasteiger partial charge in [0.05, 0.1) is 29.7 Å². The predicted octanol–water partition coefficient (Wildman–Crippen LogP) is 6.15. The maximum atomic E-state index is 13.4. The van der Waals surface area contributed by atoms with Crippen molar-refractivity contribution in [1.29, 1.82) is 5.26 Å². The third-order valence-corrected chi connectivity index (χ3v) is 8.73. The number of nitrogens with two attached hydrogens (primary N) is 1. The number of halogens is 1. The highest BCUT2D eigenvalue weighted by Crippen LogP contribution is 2.50. The molecule has 186 valence electrons. The molecule has 2 aromatic rings. The summed E-state index contributed by atoms with van der Waals surface area (Å²) in [4.78, 5) is 29.7. The highest BCUT2D eigenvalue weighted by molar-refractivity contribution is 7.16. The summed E-state index contributed by atoms with van der Waals surface area (Å²) in [6.07, 6.45) is 6.64. The maximum Gasteiger partial charge on any atom is 0.341 e. The smallest absolute Gasteiger partial charge is 0.341 e. The number of esters is 1. The SMILES string of the molecule is CCOC(=O)c1c(N2C(N)=C(C#N)[C@H](c3ccc(Cl)cc3)C3=C2CCCC3=O)sc2c1CCCCC2. The van der Waals surface area contributed by atoms with Gasteiger partial charge >= 0.3 is 5.97 Å². The summed E-state index contributed by atoms with van der Waals surface area (Å²) in [6, 6.07) is 9.51. The highest BCUT2D eigenvalue weighted by atomic mass is 35.5. The van der Waals surface area contributed by atoms with Crippen LogP contribution in [0, 0.1) is 11.3 Å². The molecule has 1 aromatic carbocycles. The van der Waals surface area contributed by atoms with Crippen molar-refractivity contribution in [3.63, 3.8) is 0 Å². The van der Waals surface area contributed by atoms with Gasteiger partial charge in [-0.2, -0.15) is 5.26 Å². The Bertz CT molecular complexity index is 1330. The number of anilines is 1.